The van der Waals surface area contributed by atoms with E-state index in [0.29, 0.717) is 11.4 Å². The minimum absolute atomic E-state index is 0.647. The summed E-state index contributed by atoms with van der Waals surface area (Å²) in [5.74, 6) is 0. The Morgan fingerprint density at radius 3 is 1.70 bits per heavy atom. The van der Waals surface area contributed by atoms with Crippen molar-refractivity contribution in [2.45, 2.75) is 0 Å². The van der Waals surface area contributed by atoms with Crippen molar-refractivity contribution in [1.82, 2.24) is 0 Å². The van der Waals surface area contributed by atoms with Crippen LogP contribution in [0.2, 0.25) is 0 Å². The second-order valence-corrected chi connectivity index (χ2v) is 5.36. The average molecular weight is 301 g/mol. The number of rotatable bonds is 0. The number of fused-ring (bicyclic) bond motifs is 2. The maximum atomic E-state index is 5.79. The minimum Gasteiger partial charge on any atom is -0.398 e. The summed E-state index contributed by atoms with van der Waals surface area (Å²) in [7, 11) is 0. The molecular formula is C20H19N3. The Hall–Kier alpha value is -3.20. The van der Waals surface area contributed by atoms with Gasteiger partial charge >= 0.3 is 0 Å². The van der Waals surface area contributed by atoms with Crippen molar-refractivity contribution >= 4 is 38.6 Å². The molecule has 114 valence electrons. The van der Waals surface area contributed by atoms with Gasteiger partial charge in [0, 0.05) is 16.5 Å². The van der Waals surface area contributed by atoms with Crippen LogP contribution in [0.15, 0.2) is 78.9 Å². The number of hydrogen-bond acceptors (Lipinski definition) is 3. The van der Waals surface area contributed by atoms with Crippen molar-refractivity contribution in [3.8, 4) is 0 Å². The van der Waals surface area contributed by atoms with E-state index in [-0.39, 0.29) is 0 Å². The molecule has 3 heteroatoms. The molecule has 4 aromatic rings. The molecule has 0 atom stereocenters. The molecule has 0 aromatic heterocycles. The molecule has 6 N–H and O–H groups in total. The molecule has 0 heterocycles. The highest BCUT2D eigenvalue weighted by Crippen LogP contribution is 2.25. The molecule has 0 amide bonds. The van der Waals surface area contributed by atoms with Crippen LogP contribution in [0.25, 0.3) is 21.5 Å². The van der Waals surface area contributed by atoms with Crippen LogP contribution < -0.4 is 17.2 Å². The molecule has 0 radical (unpaired) electrons. The van der Waals surface area contributed by atoms with E-state index in [9.17, 15) is 0 Å². The Kier molecular flexibility index (Phi) is 4.02. The lowest BCUT2D eigenvalue weighted by atomic mass is 10.1. The Labute approximate surface area is 135 Å². The summed E-state index contributed by atoms with van der Waals surface area (Å²) in [6.07, 6.45) is 0. The van der Waals surface area contributed by atoms with Crippen LogP contribution in [0.1, 0.15) is 0 Å². The van der Waals surface area contributed by atoms with Crippen molar-refractivity contribution in [2.24, 2.45) is 0 Å². The lowest BCUT2D eigenvalue weighted by Gasteiger charge is -2.03. The van der Waals surface area contributed by atoms with Crippen LogP contribution >= 0.6 is 0 Å². The van der Waals surface area contributed by atoms with Gasteiger partial charge in [-0.25, -0.2) is 0 Å². The number of nitrogen functional groups attached to an aromatic ring is 3. The Morgan fingerprint density at radius 2 is 1.00 bits per heavy atom. The van der Waals surface area contributed by atoms with Crippen molar-refractivity contribution in [3.05, 3.63) is 78.9 Å². The molecule has 0 aliphatic rings. The quantitative estimate of drug-likeness (QED) is 0.420. The zero-order valence-electron chi connectivity index (χ0n) is 12.7. The highest BCUT2D eigenvalue weighted by molar-refractivity contribution is 5.98. The zero-order chi connectivity index (χ0) is 16.2. The van der Waals surface area contributed by atoms with Gasteiger partial charge in [0.1, 0.15) is 0 Å². The lowest BCUT2D eigenvalue weighted by molar-refractivity contribution is 1.71. The summed E-state index contributed by atoms with van der Waals surface area (Å²) in [5, 5.41) is 4.49. The molecule has 0 saturated heterocycles. The summed E-state index contributed by atoms with van der Waals surface area (Å²) in [5.41, 5.74) is 19.4. The first-order valence-corrected chi connectivity index (χ1v) is 7.43. The van der Waals surface area contributed by atoms with E-state index in [4.69, 9.17) is 17.2 Å². The van der Waals surface area contributed by atoms with Crippen LogP contribution in [-0.4, -0.2) is 0 Å². The molecule has 0 bridgehead atoms. The lowest BCUT2D eigenvalue weighted by Crippen LogP contribution is -1.94. The number of anilines is 3. The molecule has 23 heavy (non-hydrogen) atoms. The summed E-state index contributed by atoms with van der Waals surface area (Å²) >= 11 is 0. The first-order valence-electron chi connectivity index (χ1n) is 7.43. The zero-order valence-corrected chi connectivity index (χ0v) is 12.7. The molecule has 0 aliphatic heterocycles. The van der Waals surface area contributed by atoms with Gasteiger partial charge < -0.3 is 17.2 Å². The molecule has 0 unspecified atom stereocenters. The van der Waals surface area contributed by atoms with E-state index < -0.39 is 0 Å². The fraction of sp³-hybridized carbons (Fsp3) is 0. The second-order valence-electron chi connectivity index (χ2n) is 5.36. The third-order valence-electron chi connectivity index (χ3n) is 3.83. The van der Waals surface area contributed by atoms with E-state index in [1.54, 1.807) is 0 Å². The minimum atomic E-state index is 0.647. The van der Waals surface area contributed by atoms with E-state index in [1.165, 1.54) is 5.39 Å². The van der Waals surface area contributed by atoms with Crippen LogP contribution in [0, 0.1) is 0 Å². The summed E-state index contributed by atoms with van der Waals surface area (Å²) in [6.45, 7) is 0. The molecule has 0 saturated carbocycles. The third kappa shape index (κ3) is 3.04. The predicted molar refractivity (Wildman–Crippen MR) is 101 cm³/mol. The fourth-order valence-electron chi connectivity index (χ4n) is 2.56. The SMILES string of the molecule is Nc1ccc2ccccc2c1N.Nc1cccc2ccccc12. The first-order chi connectivity index (χ1) is 11.2. The van der Waals surface area contributed by atoms with Gasteiger partial charge in [0.25, 0.3) is 0 Å². The van der Waals surface area contributed by atoms with E-state index >= 15 is 0 Å². The van der Waals surface area contributed by atoms with Gasteiger partial charge in [0.2, 0.25) is 0 Å². The molecular weight excluding hydrogens is 282 g/mol. The van der Waals surface area contributed by atoms with Gasteiger partial charge in [-0.15, -0.1) is 0 Å². The molecule has 0 aliphatic carbocycles. The maximum absolute atomic E-state index is 5.79. The van der Waals surface area contributed by atoms with Crippen molar-refractivity contribution in [3.63, 3.8) is 0 Å². The van der Waals surface area contributed by atoms with Gasteiger partial charge in [-0.05, 0) is 22.9 Å². The Balaban J connectivity index is 0.000000136. The van der Waals surface area contributed by atoms with Crippen LogP contribution in [0.4, 0.5) is 17.1 Å². The highest BCUT2D eigenvalue weighted by atomic mass is 14.7. The summed E-state index contributed by atoms with van der Waals surface area (Å²) in [4.78, 5) is 0. The summed E-state index contributed by atoms with van der Waals surface area (Å²) in [6, 6.07) is 25.8. The Morgan fingerprint density at radius 1 is 0.435 bits per heavy atom. The van der Waals surface area contributed by atoms with Crippen molar-refractivity contribution < 1.29 is 0 Å². The first kappa shape index (κ1) is 14.7. The largest absolute Gasteiger partial charge is 0.398 e. The highest BCUT2D eigenvalue weighted by Gasteiger charge is 1.98. The van der Waals surface area contributed by atoms with E-state index in [1.807, 2.05) is 66.7 Å². The molecule has 4 aromatic carbocycles. The number of nitrogens with two attached hydrogens (primary N) is 3. The van der Waals surface area contributed by atoms with Gasteiger partial charge in [-0.2, -0.15) is 0 Å². The van der Waals surface area contributed by atoms with Crippen LogP contribution in [-0.2, 0) is 0 Å². The number of hydrogen-bond donors (Lipinski definition) is 3. The molecule has 0 spiro atoms. The molecule has 4 rings (SSSR count). The van der Waals surface area contributed by atoms with Crippen LogP contribution in [0.5, 0.6) is 0 Å². The smallest absolute Gasteiger partial charge is 0.0627 e. The molecule has 0 fully saturated rings. The third-order valence-corrected chi connectivity index (χ3v) is 3.83. The topological polar surface area (TPSA) is 78.1 Å². The standard InChI is InChI=1S/C10H10N2.C10H9N/c11-9-6-5-7-3-1-2-4-8(7)10(9)12;11-10-7-3-5-8-4-1-2-6-9(8)10/h1-6H,11-12H2;1-7H,11H2. The monoisotopic (exact) mass is 301 g/mol. The van der Waals surface area contributed by atoms with Crippen molar-refractivity contribution in [2.75, 3.05) is 17.2 Å². The van der Waals surface area contributed by atoms with E-state index in [0.717, 1.165) is 21.8 Å². The van der Waals surface area contributed by atoms with Gasteiger partial charge in [-0.3, -0.25) is 0 Å². The average Bonchev–Trinajstić information content (AvgIpc) is 2.60. The van der Waals surface area contributed by atoms with Gasteiger partial charge in [-0.1, -0.05) is 66.7 Å². The Bertz CT molecular complexity index is 956. The number of benzene rings is 4. The fourth-order valence-corrected chi connectivity index (χ4v) is 2.56. The van der Waals surface area contributed by atoms with Crippen molar-refractivity contribution in [1.29, 1.82) is 0 Å². The van der Waals surface area contributed by atoms with Gasteiger partial charge in [0.15, 0.2) is 0 Å². The van der Waals surface area contributed by atoms with Gasteiger partial charge in [0.05, 0.1) is 11.4 Å². The second kappa shape index (κ2) is 6.28. The van der Waals surface area contributed by atoms with Crippen LogP contribution in [0.3, 0.4) is 0 Å². The molecule has 3 nitrogen and oxygen atoms in total. The maximum Gasteiger partial charge on any atom is 0.0627 e. The van der Waals surface area contributed by atoms with E-state index in [2.05, 4.69) is 12.1 Å². The summed E-state index contributed by atoms with van der Waals surface area (Å²) < 4.78 is 0. The normalized spacial score (nSPS) is 10.3. The predicted octanol–water partition coefficient (Wildman–Crippen LogP) is 4.43.